The molecule has 0 aliphatic heterocycles. The van der Waals surface area contributed by atoms with Gasteiger partial charge in [-0.15, -0.1) is 0 Å². The van der Waals surface area contributed by atoms with Gasteiger partial charge in [0.05, 0.1) is 18.6 Å². The van der Waals surface area contributed by atoms with Crippen LogP contribution >= 0.6 is 0 Å². The number of hydrogen-bond acceptors (Lipinski definition) is 4. The monoisotopic (exact) mass is 348 g/mol. The summed E-state index contributed by atoms with van der Waals surface area (Å²) in [5.41, 5.74) is 7.50. The molecule has 7 nitrogen and oxygen atoms in total. The van der Waals surface area contributed by atoms with Crippen LogP contribution in [0.2, 0.25) is 0 Å². The Morgan fingerprint density at radius 2 is 1.75 bits per heavy atom. The third-order valence-electron chi connectivity index (χ3n) is 3.30. The predicted octanol–water partition coefficient (Wildman–Crippen LogP) is 1.53. The third kappa shape index (κ3) is 4.71. The average molecular weight is 348 g/mol. The molecule has 0 aliphatic rings. The van der Waals surface area contributed by atoms with Gasteiger partial charge in [-0.3, -0.25) is 0 Å². The number of benzene rings is 2. The lowest BCUT2D eigenvalue weighted by molar-refractivity contribution is 0.415. The molecule has 0 fully saturated rings. The molecule has 0 aromatic heterocycles. The molecule has 0 saturated heterocycles. The second kappa shape index (κ2) is 7.80. The molecule has 24 heavy (non-hydrogen) atoms. The molecule has 0 spiro atoms. The summed E-state index contributed by atoms with van der Waals surface area (Å²) in [5, 5.41) is 2.97. The molecule has 0 saturated carbocycles. The van der Waals surface area contributed by atoms with Crippen molar-refractivity contribution < 1.29 is 13.2 Å². The molecule has 0 aliphatic carbocycles. The van der Waals surface area contributed by atoms with Gasteiger partial charge >= 0.3 is 0 Å². The SMILES string of the molecule is CNS(=O)(=O)c1ccc(CN=C(N)Nc2ccc(OC)cc2)cc1. The first-order chi connectivity index (χ1) is 11.4. The molecular formula is C16H20N4O3S. The molecule has 0 unspecified atom stereocenters. The van der Waals surface area contributed by atoms with E-state index in [1.165, 1.54) is 19.2 Å². The van der Waals surface area contributed by atoms with E-state index in [1.807, 2.05) is 24.3 Å². The molecule has 2 aromatic carbocycles. The van der Waals surface area contributed by atoms with Gasteiger partial charge in [0.1, 0.15) is 5.75 Å². The smallest absolute Gasteiger partial charge is 0.240 e. The van der Waals surface area contributed by atoms with Crippen LogP contribution in [-0.4, -0.2) is 28.5 Å². The summed E-state index contributed by atoms with van der Waals surface area (Å²) in [6, 6.07) is 13.8. The van der Waals surface area contributed by atoms with Crippen LogP contribution in [0.3, 0.4) is 0 Å². The third-order valence-corrected chi connectivity index (χ3v) is 4.73. The number of sulfonamides is 1. The van der Waals surface area contributed by atoms with E-state index in [-0.39, 0.29) is 10.9 Å². The number of nitrogens with zero attached hydrogens (tertiary/aromatic N) is 1. The highest BCUT2D eigenvalue weighted by Crippen LogP contribution is 2.15. The predicted molar refractivity (Wildman–Crippen MR) is 94.6 cm³/mol. The number of rotatable bonds is 6. The first-order valence-corrected chi connectivity index (χ1v) is 8.66. The normalized spacial score (nSPS) is 12.0. The first kappa shape index (κ1) is 17.8. The fourth-order valence-electron chi connectivity index (χ4n) is 1.93. The fourth-order valence-corrected chi connectivity index (χ4v) is 2.66. The van der Waals surface area contributed by atoms with E-state index in [4.69, 9.17) is 10.5 Å². The van der Waals surface area contributed by atoms with Crippen molar-refractivity contribution >= 4 is 21.7 Å². The molecule has 128 valence electrons. The van der Waals surface area contributed by atoms with Gasteiger partial charge in [-0.05, 0) is 49.0 Å². The van der Waals surface area contributed by atoms with Gasteiger partial charge in [0.2, 0.25) is 10.0 Å². The van der Waals surface area contributed by atoms with Crippen molar-refractivity contribution in [3.63, 3.8) is 0 Å². The van der Waals surface area contributed by atoms with Crippen molar-refractivity contribution in [2.24, 2.45) is 10.7 Å². The minimum Gasteiger partial charge on any atom is -0.497 e. The van der Waals surface area contributed by atoms with Crippen molar-refractivity contribution in [1.29, 1.82) is 0 Å². The highest BCUT2D eigenvalue weighted by molar-refractivity contribution is 7.89. The summed E-state index contributed by atoms with van der Waals surface area (Å²) < 4.78 is 30.7. The van der Waals surface area contributed by atoms with Crippen molar-refractivity contribution in [3.8, 4) is 5.75 Å². The van der Waals surface area contributed by atoms with Crippen LogP contribution in [0.4, 0.5) is 5.69 Å². The second-order valence-electron chi connectivity index (χ2n) is 4.91. The van der Waals surface area contributed by atoms with Crippen LogP contribution in [0.15, 0.2) is 58.4 Å². The summed E-state index contributed by atoms with van der Waals surface area (Å²) in [6.45, 7) is 0.342. The van der Waals surface area contributed by atoms with E-state index < -0.39 is 10.0 Å². The summed E-state index contributed by atoms with van der Waals surface area (Å²) in [4.78, 5) is 4.44. The lowest BCUT2D eigenvalue weighted by atomic mass is 10.2. The highest BCUT2D eigenvalue weighted by atomic mass is 32.2. The van der Waals surface area contributed by atoms with E-state index in [0.29, 0.717) is 6.54 Å². The number of hydrogen-bond donors (Lipinski definition) is 3. The maximum atomic E-state index is 11.6. The maximum absolute atomic E-state index is 11.6. The average Bonchev–Trinajstić information content (AvgIpc) is 2.61. The second-order valence-corrected chi connectivity index (χ2v) is 6.79. The fraction of sp³-hybridized carbons (Fsp3) is 0.188. The van der Waals surface area contributed by atoms with Gasteiger partial charge in [-0.25, -0.2) is 18.1 Å². The van der Waals surface area contributed by atoms with Crippen LogP contribution in [-0.2, 0) is 16.6 Å². The number of nitrogens with one attached hydrogen (secondary N) is 2. The molecule has 0 heterocycles. The Bertz CT molecular complexity index is 800. The number of guanidine groups is 1. The lowest BCUT2D eigenvalue weighted by Crippen LogP contribution is -2.22. The van der Waals surface area contributed by atoms with Gasteiger partial charge in [0.15, 0.2) is 5.96 Å². The molecule has 0 bridgehead atoms. The first-order valence-electron chi connectivity index (χ1n) is 7.18. The Morgan fingerprint density at radius 3 is 2.29 bits per heavy atom. The number of methoxy groups -OCH3 is 1. The van der Waals surface area contributed by atoms with Gasteiger partial charge in [-0.2, -0.15) is 0 Å². The van der Waals surface area contributed by atoms with E-state index in [1.54, 1.807) is 19.2 Å². The molecular weight excluding hydrogens is 328 g/mol. The van der Waals surface area contributed by atoms with Crippen LogP contribution < -0.4 is 20.5 Å². The van der Waals surface area contributed by atoms with E-state index in [2.05, 4.69) is 15.0 Å². The maximum Gasteiger partial charge on any atom is 0.240 e. The van der Waals surface area contributed by atoms with Crippen LogP contribution in [0, 0.1) is 0 Å². The summed E-state index contributed by atoms with van der Waals surface area (Å²) in [6.07, 6.45) is 0. The number of anilines is 1. The topological polar surface area (TPSA) is 106 Å². The van der Waals surface area contributed by atoms with Gasteiger partial charge < -0.3 is 15.8 Å². The Balaban J connectivity index is 1.99. The molecule has 8 heteroatoms. The van der Waals surface area contributed by atoms with Gasteiger partial charge in [-0.1, -0.05) is 12.1 Å². The Morgan fingerprint density at radius 1 is 1.12 bits per heavy atom. The summed E-state index contributed by atoms with van der Waals surface area (Å²) >= 11 is 0. The van der Waals surface area contributed by atoms with E-state index in [9.17, 15) is 8.42 Å². The molecule has 4 N–H and O–H groups in total. The Labute approximate surface area is 141 Å². The largest absolute Gasteiger partial charge is 0.497 e. The highest BCUT2D eigenvalue weighted by Gasteiger charge is 2.10. The Hall–Kier alpha value is -2.58. The molecule has 2 aromatic rings. The van der Waals surface area contributed by atoms with Crippen molar-refractivity contribution in [1.82, 2.24) is 4.72 Å². The molecule has 0 amide bonds. The number of nitrogens with two attached hydrogens (primary N) is 1. The van der Waals surface area contributed by atoms with Crippen molar-refractivity contribution in [2.45, 2.75) is 11.4 Å². The zero-order valence-electron chi connectivity index (χ0n) is 13.5. The van der Waals surface area contributed by atoms with E-state index in [0.717, 1.165) is 17.0 Å². The van der Waals surface area contributed by atoms with Crippen LogP contribution in [0.25, 0.3) is 0 Å². The lowest BCUT2D eigenvalue weighted by Gasteiger charge is -2.07. The molecule has 2 rings (SSSR count). The van der Waals surface area contributed by atoms with Crippen molar-refractivity contribution in [2.75, 3.05) is 19.5 Å². The van der Waals surface area contributed by atoms with Crippen molar-refractivity contribution in [3.05, 3.63) is 54.1 Å². The van der Waals surface area contributed by atoms with E-state index >= 15 is 0 Å². The van der Waals surface area contributed by atoms with Crippen LogP contribution in [0.1, 0.15) is 5.56 Å². The quantitative estimate of drug-likeness (QED) is 0.542. The van der Waals surface area contributed by atoms with Gasteiger partial charge in [0, 0.05) is 5.69 Å². The number of ether oxygens (including phenoxy) is 1. The zero-order valence-corrected chi connectivity index (χ0v) is 14.3. The molecule has 0 atom stereocenters. The standard InChI is InChI=1S/C16H20N4O3S/c1-18-24(21,22)15-9-3-12(4-10-15)11-19-16(17)20-13-5-7-14(23-2)8-6-13/h3-10,18H,11H2,1-2H3,(H3,17,19,20). The minimum atomic E-state index is -3.43. The van der Waals surface area contributed by atoms with Crippen LogP contribution in [0.5, 0.6) is 5.75 Å². The minimum absolute atomic E-state index is 0.210. The summed E-state index contributed by atoms with van der Waals surface area (Å²) in [7, 11) is -0.449. The van der Waals surface area contributed by atoms with Gasteiger partial charge in [0.25, 0.3) is 0 Å². The zero-order chi connectivity index (χ0) is 17.6. The molecule has 0 radical (unpaired) electrons. The Kier molecular flexibility index (Phi) is 5.78. The number of aliphatic imine (C=N–C) groups is 1. The summed E-state index contributed by atoms with van der Waals surface area (Å²) in [5.74, 6) is 1.03.